The monoisotopic (exact) mass is 511 g/mol. The number of benzene rings is 1. The van der Waals surface area contributed by atoms with Crippen molar-refractivity contribution in [2.24, 2.45) is 21.3 Å². The van der Waals surface area contributed by atoms with E-state index in [-0.39, 0.29) is 23.9 Å². The van der Waals surface area contributed by atoms with Gasteiger partial charge in [-0.2, -0.15) is 18.3 Å². The Morgan fingerprint density at radius 2 is 1.94 bits per heavy atom. The second kappa shape index (κ2) is 8.81. The normalized spacial score (nSPS) is 21.3. The molecule has 0 saturated heterocycles. The molecule has 12 heteroatoms. The topological polar surface area (TPSA) is 112 Å². The zero-order valence-corrected chi connectivity index (χ0v) is 20.2. The summed E-state index contributed by atoms with van der Waals surface area (Å²) in [6.07, 6.45) is 1.74. The molecule has 5 rings (SSSR count). The Morgan fingerprint density at radius 3 is 2.57 bits per heavy atom. The molecule has 0 fully saturated rings. The van der Waals surface area contributed by atoms with Gasteiger partial charge in [0.15, 0.2) is 9.92 Å². The molecule has 0 saturated carbocycles. The number of carbonyl (C=O) groups excluding carboxylic acids is 1. The summed E-state index contributed by atoms with van der Waals surface area (Å²) < 4.78 is 62.3. The predicted molar refractivity (Wildman–Crippen MR) is 124 cm³/mol. The lowest BCUT2D eigenvalue weighted by Crippen LogP contribution is -2.33. The smallest absolute Gasteiger partial charge is 0.389 e. The number of halogens is 3. The SMILES string of the molecule is CC(CC(F)(F)F)[C@@H]1COc2c([S@@](N)(=O)=NC(=O)Nc3c4c(cc5c3CCC5)CCC4)cnn2C1. The third-order valence-corrected chi connectivity index (χ3v) is 8.55. The minimum atomic E-state index is -4.27. The first kappa shape index (κ1) is 24.1. The Kier molecular flexibility index (Phi) is 6.07. The number of aryl methyl sites for hydroxylation is 2. The molecule has 2 aromatic rings. The summed E-state index contributed by atoms with van der Waals surface area (Å²) in [7, 11) is -3.70. The van der Waals surface area contributed by atoms with Crippen LogP contribution in [0.4, 0.5) is 23.7 Å². The molecule has 0 radical (unpaired) electrons. The van der Waals surface area contributed by atoms with Gasteiger partial charge in [0.05, 0.1) is 19.3 Å². The molecule has 1 unspecified atom stereocenters. The molecule has 3 N–H and O–H groups in total. The molecule has 3 aliphatic rings. The van der Waals surface area contributed by atoms with Crippen molar-refractivity contribution in [1.29, 1.82) is 0 Å². The molecule has 0 spiro atoms. The molecular weight excluding hydrogens is 483 g/mol. The van der Waals surface area contributed by atoms with E-state index in [2.05, 4.69) is 20.8 Å². The quantitative estimate of drug-likeness (QED) is 0.634. The van der Waals surface area contributed by atoms with E-state index in [0.717, 1.165) is 55.3 Å². The number of anilines is 1. The molecule has 3 atom stereocenters. The van der Waals surface area contributed by atoms with Gasteiger partial charge in [-0.3, -0.25) is 0 Å². The molecule has 0 bridgehead atoms. The number of nitrogens with one attached hydrogen (secondary N) is 1. The van der Waals surface area contributed by atoms with Gasteiger partial charge in [-0.05, 0) is 66.7 Å². The van der Waals surface area contributed by atoms with E-state index in [9.17, 15) is 22.2 Å². The highest BCUT2D eigenvalue weighted by Gasteiger charge is 2.36. The number of amides is 2. The highest BCUT2D eigenvalue weighted by atomic mass is 32.2. The molecule has 1 aliphatic heterocycles. The van der Waals surface area contributed by atoms with Crippen molar-refractivity contribution in [2.75, 3.05) is 11.9 Å². The number of urea groups is 1. The van der Waals surface area contributed by atoms with Crippen molar-refractivity contribution in [2.45, 2.75) is 69.5 Å². The summed E-state index contributed by atoms with van der Waals surface area (Å²) in [5, 5.41) is 12.9. The summed E-state index contributed by atoms with van der Waals surface area (Å²) >= 11 is 0. The summed E-state index contributed by atoms with van der Waals surface area (Å²) in [6.45, 7) is 1.68. The number of ether oxygens (including phenoxy) is 1. The van der Waals surface area contributed by atoms with E-state index < -0.39 is 40.4 Å². The van der Waals surface area contributed by atoms with Crippen molar-refractivity contribution in [1.82, 2.24) is 9.78 Å². The molecule has 2 heterocycles. The molecule has 190 valence electrons. The van der Waals surface area contributed by atoms with Crippen LogP contribution in [0.25, 0.3) is 0 Å². The van der Waals surface area contributed by atoms with E-state index in [0.29, 0.717) is 0 Å². The number of aromatic nitrogens is 2. The average Bonchev–Trinajstić information content (AvgIpc) is 3.50. The maximum atomic E-state index is 13.3. The second-order valence-corrected chi connectivity index (χ2v) is 11.4. The van der Waals surface area contributed by atoms with Crippen LogP contribution in [-0.4, -0.2) is 32.8 Å². The van der Waals surface area contributed by atoms with E-state index in [1.807, 2.05) is 0 Å². The summed E-state index contributed by atoms with van der Waals surface area (Å²) in [6, 6.07) is 1.43. The molecule has 8 nitrogen and oxygen atoms in total. The lowest BCUT2D eigenvalue weighted by molar-refractivity contribution is -0.149. The fourth-order valence-corrected chi connectivity index (χ4v) is 6.44. The van der Waals surface area contributed by atoms with Crippen LogP contribution in [0.5, 0.6) is 5.88 Å². The lowest BCUT2D eigenvalue weighted by Gasteiger charge is -2.29. The first-order valence-corrected chi connectivity index (χ1v) is 13.4. The number of hydrogen-bond acceptors (Lipinski definition) is 4. The minimum absolute atomic E-state index is 0.0000541. The maximum Gasteiger partial charge on any atom is 0.389 e. The van der Waals surface area contributed by atoms with E-state index in [4.69, 9.17) is 9.88 Å². The van der Waals surface area contributed by atoms with Gasteiger partial charge >= 0.3 is 12.2 Å². The molecule has 35 heavy (non-hydrogen) atoms. The summed E-state index contributed by atoms with van der Waals surface area (Å²) in [5.41, 5.74) is 5.47. The first-order chi connectivity index (χ1) is 16.5. The number of nitrogens with two attached hydrogens (primary N) is 1. The van der Waals surface area contributed by atoms with Crippen LogP contribution in [-0.2, 0) is 42.1 Å². The Hall–Kier alpha value is -2.60. The predicted octanol–water partition coefficient (Wildman–Crippen LogP) is 4.39. The lowest BCUT2D eigenvalue weighted by atomic mass is 9.91. The number of fused-ring (bicyclic) bond motifs is 3. The molecule has 2 amide bonds. The van der Waals surface area contributed by atoms with Gasteiger partial charge in [-0.1, -0.05) is 13.0 Å². The highest BCUT2D eigenvalue weighted by Crippen LogP contribution is 2.39. The number of hydrogen-bond donors (Lipinski definition) is 2. The van der Waals surface area contributed by atoms with Gasteiger partial charge in [-0.25, -0.2) is 18.8 Å². The number of rotatable bonds is 4. The van der Waals surface area contributed by atoms with Crippen molar-refractivity contribution >= 4 is 21.6 Å². The third kappa shape index (κ3) is 4.77. The Labute approximate surface area is 201 Å². The van der Waals surface area contributed by atoms with E-state index >= 15 is 0 Å². The fraction of sp³-hybridized carbons (Fsp3) is 0.565. The van der Waals surface area contributed by atoms with Gasteiger partial charge < -0.3 is 10.1 Å². The largest absolute Gasteiger partial charge is 0.477 e. The van der Waals surface area contributed by atoms with Gasteiger partial charge in [0.2, 0.25) is 5.88 Å². The summed E-state index contributed by atoms with van der Waals surface area (Å²) in [5.74, 6) is -1.03. The number of nitrogens with zero attached hydrogens (tertiary/aromatic N) is 3. The number of alkyl halides is 3. The number of carbonyl (C=O) groups is 1. The maximum absolute atomic E-state index is 13.3. The van der Waals surface area contributed by atoms with Gasteiger partial charge in [0.25, 0.3) is 0 Å². The fourth-order valence-electron chi connectivity index (χ4n) is 5.44. The Balaban J connectivity index is 1.37. The average molecular weight is 512 g/mol. The zero-order chi connectivity index (χ0) is 25.0. The highest BCUT2D eigenvalue weighted by molar-refractivity contribution is 7.91. The molecular formula is C23H28F3N5O3S. The van der Waals surface area contributed by atoms with Crippen molar-refractivity contribution < 1.29 is 26.9 Å². The molecule has 2 aliphatic carbocycles. The van der Waals surface area contributed by atoms with Crippen LogP contribution in [0.15, 0.2) is 21.5 Å². The van der Waals surface area contributed by atoms with Crippen molar-refractivity contribution in [3.63, 3.8) is 0 Å². The van der Waals surface area contributed by atoms with Crippen LogP contribution in [0.3, 0.4) is 0 Å². The van der Waals surface area contributed by atoms with Crippen LogP contribution in [0.1, 0.15) is 48.4 Å². The van der Waals surface area contributed by atoms with Crippen LogP contribution < -0.4 is 15.2 Å². The summed E-state index contributed by atoms with van der Waals surface area (Å²) in [4.78, 5) is 12.8. The van der Waals surface area contributed by atoms with Gasteiger partial charge in [-0.15, -0.1) is 4.36 Å². The van der Waals surface area contributed by atoms with Crippen LogP contribution in [0.2, 0.25) is 0 Å². The van der Waals surface area contributed by atoms with Crippen molar-refractivity contribution in [3.8, 4) is 5.88 Å². The first-order valence-electron chi connectivity index (χ1n) is 11.8. The van der Waals surface area contributed by atoms with Gasteiger partial charge in [0.1, 0.15) is 4.90 Å². The van der Waals surface area contributed by atoms with Gasteiger partial charge in [0, 0.05) is 18.0 Å². The molecule has 1 aromatic heterocycles. The van der Waals surface area contributed by atoms with Crippen molar-refractivity contribution in [3.05, 3.63) is 34.5 Å². The Bertz CT molecular complexity index is 1260. The Morgan fingerprint density at radius 1 is 1.29 bits per heavy atom. The standard InChI is InChI=1S/C23H28F3N5O3S/c1-13(9-23(24,25)26)16-11-31-21(34-12-16)19(10-28-31)35(27,33)30-22(32)29-20-17-6-2-4-14(17)8-15-5-3-7-18(15)20/h8,10,13,16H,2-7,9,11-12H2,1H3,(H3,27,29,30,32,33)/t13?,16-,35-/m0/s1. The van der Waals surface area contributed by atoms with Crippen LogP contribution in [0, 0.1) is 11.8 Å². The molecule has 1 aromatic carbocycles. The third-order valence-electron chi connectivity index (χ3n) is 7.20. The second-order valence-electron chi connectivity index (χ2n) is 9.69. The minimum Gasteiger partial charge on any atom is -0.477 e. The van der Waals surface area contributed by atoms with Crippen LogP contribution >= 0.6 is 0 Å². The zero-order valence-electron chi connectivity index (χ0n) is 19.4. The van der Waals surface area contributed by atoms with E-state index in [1.165, 1.54) is 28.9 Å². The van der Waals surface area contributed by atoms with E-state index in [1.54, 1.807) is 0 Å².